The first-order valence-corrected chi connectivity index (χ1v) is 6.72. The molecule has 96 valence electrons. The summed E-state index contributed by atoms with van der Waals surface area (Å²) < 4.78 is 11.2. The lowest BCUT2D eigenvalue weighted by atomic mass is 10.2. The Hall–Kier alpha value is -1.18. The van der Waals surface area contributed by atoms with Crippen molar-refractivity contribution >= 4 is 0 Å². The summed E-state index contributed by atoms with van der Waals surface area (Å²) in [6, 6.07) is 7.89. The maximum Gasteiger partial charge on any atom is 0.119 e. The van der Waals surface area contributed by atoms with Crippen LogP contribution in [0.25, 0.3) is 0 Å². The Morgan fingerprint density at radius 1 is 0.706 bits per heavy atom. The lowest BCUT2D eigenvalue weighted by Crippen LogP contribution is -1.98. The van der Waals surface area contributed by atoms with Crippen molar-refractivity contribution < 1.29 is 9.47 Å². The lowest BCUT2D eigenvalue weighted by molar-refractivity contribution is 0.301. The zero-order valence-corrected chi connectivity index (χ0v) is 11.1. The molecule has 0 amide bonds. The van der Waals surface area contributed by atoms with Crippen LogP contribution in [-0.4, -0.2) is 13.2 Å². The Kier molecular flexibility index (Phi) is 7.28. The van der Waals surface area contributed by atoms with E-state index in [-0.39, 0.29) is 0 Å². The van der Waals surface area contributed by atoms with Crippen molar-refractivity contribution in [2.45, 2.75) is 46.0 Å². The van der Waals surface area contributed by atoms with Crippen LogP contribution in [0.1, 0.15) is 46.0 Å². The van der Waals surface area contributed by atoms with Gasteiger partial charge in [-0.1, -0.05) is 33.1 Å². The number of benzene rings is 1. The van der Waals surface area contributed by atoms with Gasteiger partial charge in [0.2, 0.25) is 0 Å². The molecule has 0 unspecified atom stereocenters. The molecule has 1 rings (SSSR count). The average Bonchev–Trinajstić information content (AvgIpc) is 2.37. The van der Waals surface area contributed by atoms with Crippen molar-refractivity contribution in [1.29, 1.82) is 0 Å². The molecule has 0 aromatic heterocycles. The van der Waals surface area contributed by atoms with Gasteiger partial charge in [-0.05, 0) is 37.1 Å². The quantitative estimate of drug-likeness (QED) is 0.590. The molecular formula is C15H24O2. The van der Waals surface area contributed by atoms with Gasteiger partial charge in [0.15, 0.2) is 0 Å². The molecule has 0 heterocycles. The Morgan fingerprint density at radius 2 is 1.29 bits per heavy atom. The van der Waals surface area contributed by atoms with E-state index in [2.05, 4.69) is 13.8 Å². The fourth-order valence-corrected chi connectivity index (χ4v) is 1.57. The molecule has 0 N–H and O–H groups in total. The molecule has 0 spiro atoms. The van der Waals surface area contributed by atoms with Crippen molar-refractivity contribution in [3.8, 4) is 11.5 Å². The molecule has 0 aliphatic rings. The molecule has 1 aromatic carbocycles. The van der Waals surface area contributed by atoms with Crippen LogP contribution in [-0.2, 0) is 0 Å². The van der Waals surface area contributed by atoms with Crippen LogP contribution >= 0.6 is 0 Å². The fraction of sp³-hybridized carbons (Fsp3) is 0.600. The monoisotopic (exact) mass is 236 g/mol. The largest absolute Gasteiger partial charge is 0.494 e. The van der Waals surface area contributed by atoms with Crippen LogP contribution < -0.4 is 9.47 Å². The first kappa shape index (κ1) is 13.9. The van der Waals surface area contributed by atoms with Crippen LogP contribution in [0.15, 0.2) is 24.3 Å². The van der Waals surface area contributed by atoms with E-state index in [0.29, 0.717) is 0 Å². The summed E-state index contributed by atoms with van der Waals surface area (Å²) in [4.78, 5) is 0. The highest BCUT2D eigenvalue weighted by Crippen LogP contribution is 2.18. The van der Waals surface area contributed by atoms with Gasteiger partial charge in [0, 0.05) is 0 Å². The maximum atomic E-state index is 5.66. The van der Waals surface area contributed by atoms with Crippen LogP contribution in [0.2, 0.25) is 0 Å². The average molecular weight is 236 g/mol. The van der Waals surface area contributed by atoms with E-state index < -0.39 is 0 Å². The van der Waals surface area contributed by atoms with Crippen molar-refractivity contribution in [1.82, 2.24) is 0 Å². The second-order valence-corrected chi connectivity index (χ2v) is 4.23. The molecule has 2 nitrogen and oxygen atoms in total. The van der Waals surface area contributed by atoms with Crippen LogP contribution in [0.4, 0.5) is 0 Å². The summed E-state index contributed by atoms with van der Waals surface area (Å²) in [5.74, 6) is 1.86. The van der Waals surface area contributed by atoms with Gasteiger partial charge in [0.05, 0.1) is 13.2 Å². The fourth-order valence-electron chi connectivity index (χ4n) is 1.57. The SMILES string of the molecule is CCCCCCOc1ccc(OCCC)cc1. The number of hydrogen-bond donors (Lipinski definition) is 0. The lowest BCUT2D eigenvalue weighted by Gasteiger charge is -2.08. The molecule has 0 saturated heterocycles. The Balaban J connectivity index is 2.20. The molecule has 0 fully saturated rings. The van der Waals surface area contributed by atoms with Crippen LogP contribution in [0.3, 0.4) is 0 Å². The molecule has 0 aliphatic heterocycles. The predicted molar refractivity (Wildman–Crippen MR) is 71.9 cm³/mol. The summed E-state index contributed by atoms with van der Waals surface area (Å²) in [5, 5.41) is 0. The van der Waals surface area contributed by atoms with E-state index in [0.717, 1.165) is 37.6 Å². The molecular weight excluding hydrogens is 212 g/mol. The van der Waals surface area contributed by atoms with E-state index in [1.54, 1.807) is 0 Å². The minimum atomic E-state index is 0.775. The molecule has 1 aromatic rings. The number of rotatable bonds is 9. The van der Waals surface area contributed by atoms with E-state index in [4.69, 9.17) is 9.47 Å². The first-order chi connectivity index (χ1) is 8.36. The third-order valence-corrected chi connectivity index (χ3v) is 2.56. The van der Waals surface area contributed by atoms with Crippen LogP contribution in [0.5, 0.6) is 11.5 Å². The summed E-state index contributed by atoms with van der Waals surface area (Å²) in [6.07, 6.45) is 6.00. The molecule has 0 aliphatic carbocycles. The number of ether oxygens (including phenoxy) is 2. The molecule has 0 bridgehead atoms. The van der Waals surface area contributed by atoms with E-state index >= 15 is 0 Å². The van der Waals surface area contributed by atoms with E-state index in [9.17, 15) is 0 Å². The molecule has 0 atom stereocenters. The number of unbranched alkanes of at least 4 members (excludes halogenated alkanes) is 3. The third kappa shape index (κ3) is 6.20. The van der Waals surface area contributed by atoms with Crippen molar-refractivity contribution in [3.05, 3.63) is 24.3 Å². The zero-order chi connectivity index (χ0) is 12.3. The van der Waals surface area contributed by atoms with Gasteiger partial charge >= 0.3 is 0 Å². The van der Waals surface area contributed by atoms with Crippen LogP contribution in [0, 0.1) is 0 Å². The second kappa shape index (κ2) is 8.91. The van der Waals surface area contributed by atoms with Gasteiger partial charge in [0.25, 0.3) is 0 Å². The highest BCUT2D eigenvalue weighted by Gasteiger charge is 1.96. The summed E-state index contributed by atoms with van der Waals surface area (Å²) in [7, 11) is 0. The third-order valence-electron chi connectivity index (χ3n) is 2.56. The molecule has 17 heavy (non-hydrogen) atoms. The highest BCUT2D eigenvalue weighted by molar-refractivity contribution is 5.31. The van der Waals surface area contributed by atoms with Crippen molar-refractivity contribution in [3.63, 3.8) is 0 Å². The minimum Gasteiger partial charge on any atom is -0.494 e. The smallest absolute Gasteiger partial charge is 0.119 e. The van der Waals surface area contributed by atoms with Gasteiger partial charge in [-0.25, -0.2) is 0 Å². The van der Waals surface area contributed by atoms with Gasteiger partial charge in [-0.15, -0.1) is 0 Å². The summed E-state index contributed by atoms with van der Waals surface area (Å²) in [6.45, 7) is 5.91. The Bertz CT molecular complexity index is 279. The second-order valence-electron chi connectivity index (χ2n) is 4.23. The topological polar surface area (TPSA) is 18.5 Å². The van der Waals surface area contributed by atoms with Gasteiger partial charge in [-0.3, -0.25) is 0 Å². The summed E-state index contributed by atoms with van der Waals surface area (Å²) in [5.41, 5.74) is 0. The highest BCUT2D eigenvalue weighted by atomic mass is 16.5. The zero-order valence-electron chi connectivity index (χ0n) is 11.1. The maximum absolute atomic E-state index is 5.66. The predicted octanol–water partition coefficient (Wildman–Crippen LogP) is 4.43. The van der Waals surface area contributed by atoms with E-state index in [1.165, 1.54) is 19.3 Å². The summed E-state index contributed by atoms with van der Waals surface area (Å²) >= 11 is 0. The van der Waals surface area contributed by atoms with Crippen molar-refractivity contribution in [2.24, 2.45) is 0 Å². The molecule has 0 saturated carbocycles. The van der Waals surface area contributed by atoms with Gasteiger partial charge in [0.1, 0.15) is 11.5 Å². The van der Waals surface area contributed by atoms with Gasteiger partial charge in [-0.2, -0.15) is 0 Å². The minimum absolute atomic E-state index is 0.775. The van der Waals surface area contributed by atoms with Gasteiger partial charge < -0.3 is 9.47 Å². The first-order valence-electron chi connectivity index (χ1n) is 6.72. The molecule has 2 heteroatoms. The Morgan fingerprint density at radius 3 is 1.82 bits per heavy atom. The Labute approximate surface area is 105 Å². The standard InChI is InChI=1S/C15H24O2/c1-3-5-6-7-13-17-15-10-8-14(9-11-15)16-12-4-2/h8-11H,3-7,12-13H2,1-2H3. The van der Waals surface area contributed by atoms with E-state index in [1.807, 2.05) is 24.3 Å². The van der Waals surface area contributed by atoms with Crippen molar-refractivity contribution in [2.75, 3.05) is 13.2 Å². The normalized spacial score (nSPS) is 10.2. The number of hydrogen-bond acceptors (Lipinski definition) is 2. The molecule has 0 radical (unpaired) electrons.